The van der Waals surface area contributed by atoms with E-state index in [4.69, 9.17) is 4.74 Å². The van der Waals surface area contributed by atoms with Crippen LogP contribution in [0.1, 0.15) is 19.4 Å². The van der Waals surface area contributed by atoms with Crippen LogP contribution in [0.15, 0.2) is 47.4 Å². The Balaban J connectivity index is 1.96. The Kier molecular flexibility index (Phi) is 6.37. The number of thioether (sulfide) groups is 1. The molecule has 6 heteroatoms. The molecule has 1 saturated heterocycles. The minimum Gasteiger partial charge on any atom is -0.464 e. The molecule has 0 N–H and O–H groups in total. The molecule has 0 radical (unpaired) electrons. The van der Waals surface area contributed by atoms with Gasteiger partial charge in [-0.2, -0.15) is 0 Å². The first-order chi connectivity index (χ1) is 11.5. The van der Waals surface area contributed by atoms with E-state index in [-0.39, 0.29) is 19.1 Å². The molecular weight excluding hydrogens is 326 g/mol. The second-order valence-electron chi connectivity index (χ2n) is 5.64. The van der Waals surface area contributed by atoms with Gasteiger partial charge in [0.25, 0.3) is 11.1 Å². The van der Waals surface area contributed by atoms with Gasteiger partial charge < -0.3 is 4.74 Å². The van der Waals surface area contributed by atoms with E-state index in [1.807, 2.05) is 50.3 Å². The number of carbonyl (C=O) groups excluding carboxylic acids is 3. The Morgan fingerprint density at radius 1 is 1.25 bits per heavy atom. The summed E-state index contributed by atoms with van der Waals surface area (Å²) < 4.78 is 5.01. The van der Waals surface area contributed by atoms with Crippen molar-refractivity contribution < 1.29 is 19.1 Å². The topological polar surface area (TPSA) is 63.7 Å². The van der Waals surface area contributed by atoms with Crippen molar-refractivity contribution in [3.05, 3.63) is 53.0 Å². The lowest BCUT2D eigenvalue weighted by molar-refractivity contribution is -0.147. The van der Waals surface area contributed by atoms with Gasteiger partial charge >= 0.3 is 5.97 Å². The number of ether oxygens (including phenoxy) is 1. The molecular formula is C18H19NO4S. The molecule has 0 aliphatic carbocycles. The van der Waals surface area contributed by atoms with Crippen molar-refractivity contribution in [1.29, 1.82) is 0 Å². The highest BCUT2D eigenvalue weighted by Crippen LogP contribution is 2.30. The lowest BCUT2D eigenvalue weighted by atomic mass is 10.2. The first-order valence-electron chi connectivity index (χ1n) is 7.60. The number of esters is 1. The average molecular weight is 345 g/mol. The van der Waals surface area contributed by atoms with Gasteiger partial charge in [0.1, 0.15) is 6.54 Å². The van der Waals surface area contributed by atoms with Crippen LogP contribution in [-0.4, -0.2) is 35.2 Å². The van der Waals surface area contributed by atoms with Crippen molar-refractivity contribution in [2.75, 3.05) is 13.2 Å². The highest BCUT2D eigenvalue weighted by Gasteiger charge is 2.36. The highest BCUT2D eigenvalue weighted by atomic mass is 32.2. The van der Waals surface area contributed by atoms with E-state index < -0.39 is 17.1 Å². The van der Waals surface area contributed by atoms with Gasteiger partial charge in [-0.3, -0.25) is 19.3 Å². The summed E-state index contributed by atoms with van der Waals surface area (Å²) in [6.07, 6.45) is 5.13. The van der Waals surface area contributed by atoms with Gasteiger partial charge in [-0.05, 0) is 29.3 Å². The quantitative estimate of drug-likeness (QED) is 0.583. The van der Waals surface area contributed by atoms with Crippen molar-refractivity contribution in [2.45, 2.75) is 13.8 Å². The second kappa shape index (κ2) is 8.49. The zero-order valence-electron chi connectivity index (χ0n) is 13.6. The molecule has 2 rings (SSSR count). The van der Waals surface area contributed by atoms with Gasteiger partial charge in [-0.1, -0.05) is 56.3 Å². The summed E-state index contributed by atoms with van der Waals surface area (Å²) in [6, 6.07) is 9.61. The van der Waals surface area contributed by atoms with E-state index in [1.54, 1.807) is 12.2 Å². The molecule has 1 heterocycles. The van der Waals surface area contributed by atoms with Crippen molar-refractivity contribution in [2.24, 2.45) is 5.92 Å². The van der Waals surface area contributed by atoms with Crippen LogP contribution in [0.3, 0.4) is 0 Å². The van der Waals surface area contributed by atoms with Crippen LogP contribution in [0.5, 0.6) is 0 Å². The van der Waals surface area contributed by atoms with E-state index in [1.165, 1.54) is 0 Å². The zero-order chi connectivity index (χ0) is 17.5. The Labute approximate surface area is 145 Å². The van der Waals surface area contributed by atoms with Crippen LogP contribution in [-0.2, 0) is 14.3 Å². The molecule has 1 aromatic rings. The summed E-state index contributed by atoms with van der Waals surface area (Å²) in [7, 11) is 0. The summed E-state index contributed by atoms with van der Waals surface area (Å²) in [6.45, 7) is 3.74. The summed E-state index contributed by atoms with van der Waals surface area (Å²) in [5.74, 6) is -0.844. The van der Waals surface area contributed by atoms with Gasteiger partial charge in [-0.15, -0.1) is 0 Å². The third kappa shape index (κ3) is 5.09. The molecule has 5 nitrogen and oxygen atoms in total. The predicted octanol–water partition coefficient (Wildman–Crippen LogP) is 3.48. The standard InChI is InChI=1S/C18H19NO4S/c1-13(2)12-23-16(20)11-19-17(21)15(24-18(19)22)10-6-9-14-7-4-3-5-8-14/h3-10,13H,11-12H2,1-2H3/b9-6+,15-10+. The Morgan fingerprint density at radius 2 is 1.96 bits per heavy atom. The molecule has 1 fully saturated rings. The maximum atomic E-state index is 12.2. The molecule has 1 aliphatic heterocycles. The number of nitrogens with zero attached hydrogens (tertiary/aromatic N) is 1. The van der Waals surface area contributed by atoms with Crippen LogP contribution < -0.4 is 0 Å². The number of hydrogen-bond donors (Lipinski definition) is 0. The van der Waals surface area contributed by atoms with Crippen LogP contribution in [0.2, 0.25) is 0 Å². The monoisotopic (exact) mass is 345 g/mol. The fourth-order valence-corrected chi connectivity index (χ4v) is 2.69. The minimum atomic E-state index is -0.577. The molecule has 0 atom stereocenters. The van der Waals surface area contributed by atoms with Crippen molar-refractivity contribution in [1.82, 2.24) is 4.90 Å². The zero-order valence-corrected chi connectivity index (χ0v) is 14.4. The number of rotatable bonds is 6. The average Bonchev–Trinajstić information content (AvgIpc) is 2.82. The van der Waals surface area contributed by atoms with E-state index in [9.17, 15) is 14.4 Å². The highest BCUT2D eigenvalue weighted by molar-refractivity contribution is 8.18. The smallest absolute Gasteiger partial charge is 0.326 e. The van der Waals surface area contributed by atoms with E-state index >= 15 is 0 Å². The lowest BCUT2D eigenvalue weighted by Gasteiger charge is -2.12. The van der Waals surface area contributed by atoms with Gasteiger partial charge in [0, 0.05) is 0 Å². The first-order valence-corrected chi connectivity index (χ1v) is 8.41. The summed E-state index contributed by atoms with van der Waals surface area (Å²) in [5, 5.41) is -0.458. The molecule has 0 unspecified atom stereocenters. The molecule has 2 amide bonds. The predicted molar refractivity (Wildman–Crippen MR) is 94.1 cm³/mol. The Morgan fingerprint density at radius 3 is 2.62 bits per heavy atom. The maximum absolute atomic E-state index is 12.2. The number of amides is 2. The lowest BCUT2D eigenvalue weighted by Crippen LogP contribution is -2.34. The van der Waals surface area contributed by atoms with Gasteiger partial charge in [0.15, 0.2) is 0 Å². The van der Waals surface area contributed by atoms with E-state index in [0.717, 1.165) is 22.2 Å². The molecule has 1 aliphatic rings. The third-order valence-electron chi connectivity index (χ3n) is 3.07. The number of imide groups is 1. The maximum Gasteiger partial charge on any atom is 0.326 e. The van der Waals surface area contributed by atoms with Crippen LogP contribution >= 0.6 is 11.8 Å². The minimum absolute atomic E-state index is 0.201. The molecule has 0 saturated carbocycles. The van der Waals surface area contributed by atoms with Crippen LogP contribution in [0.25, 0.3) is 6.08 Å². The van der Waals surface area contributed by atoms with Crippen molar-refractivity contribution in [3.63, 3.8) is 0 Å². The van der Waals surface area contributed by atoms with E-state index in [0.29, 0.717) is 4.91 Å². The van der Waals surface area contributed by atoms with Crippen LogP contribution in [0.4, 0.5) is 4.79 Å². The number of allylic oxidation sites excluding steroid dienone is 2. The molecule has 126 valence electrons. The van der Waals surface area contributed by atoms with Gasteiger partial charge in [0.2, 0.25) is 0 Å². The van der Waals surface area contributed by atoms with Gasteiger partial charge in [-0.25, -0.2) is 0 Å². The van der Waals surface area contributed by atoms with E-state index in [2.05, 4.69) is 0 Å². The molecule has 0 spiro atoms. The van der Waals surface area contributed by atoms with Crippen molar-refractivity contribution in [3.8, 4) is 0 Å². The molecule has 0 aromatic heterocycles. The summed E-state index contributed by atoms with van der Waals surface area (Å²) in [4.78, 5) is 37.0. The van der Waals surface area contributed by atoms with Crippen LogP contribution in [0, 0.1) is 5.92 Å². The first kappa shape index (κ1) is 18.0. The summed E-state index contributed by atoms with van der Waals surface area (Å²) >= 11 is 0.823. The molecule has 0 bridgehead atoms. The van der Waals surface area contributed by atoms with Crippen molar-refractivity contribution >= 4 is 35.0 Å². The summed E-state index contributed by atoms with van der Waals surface area (Å²) in [5.41, 5.74) is 0.991. The fraction of sp³-hybridized carbons (Fsp3) is 0.278. The fourth-order valence-electron chi connectivity index (χ4n) is 1.90. The Hall–Kier alpha value is -2.34. The molecule has 1 aromatic carbocycles. The number of carbonyl (C=O) groups is 3. The second-order valence-corrected chi connectivity index (χ2v) is 6.63. The SMILES string of the molecule is CC(C)COC(=O)CN1C(=O)S/C(=C/C=C/c2ccccc2)C1=O. The third-order valence-corrected chi connectivity index (χ3v) is 4.00. The Bertz CT molecular complexity index is 680. The largest absolute Gasteiger partial charge is 0.464 e. The normalized spacial score (nSPS) is 16.6. The number of benzene rings is 1. The molecule has 24 heavy (non-hydrogen) atoms. The van der Waals surface area contributed by atoms with Gasteiger partial charge in [0.05, 0.1) is 11.5 Å². The number of hydrogen-bond acceptors (Lipinski definition) is 5.